The first-order valence-electron chi connectivity index (χ1n) is 4.46. The third-order valence-corrected chi connectivity index (χ3v) is 2.20. The molecule has 70 valence electrons. The van der Waals surface area contributed by atoms with E-state index in [1.54, 1.807) is 13.3 Å². The summed E-state index contributed by atoms with van der Waals surface area (Å²) in [5.74, 6) is 0.300. The molecule has 0 aromatic heterocycles. The zero-order valence-electron chi connectivity index (χ0n) is 7.94. The van der Waals surface area contributed by atoms with E-state index in [1.807, 2.05) is 36.4 Å². The Bertz CT molecular complexity index is 489. The van der Waals surface area contributed by atoms with Crippen LogP contribution in [-0.4, -0.2) is 18.4 Å². The summed E-state index contributed by atoms with van der Waals surface area (Å²) >= 11 is 0. The number of nitrogens with zero attached hydrogens (tertiary/aromatic N) is 1. The van der Waals surface area contributed by atoms with Crippen LogP contribution in [0, 0.1) is 0 Å². The van der Waals surface area contributed by atoms with E-state index in [9.17, 15) is 5.11 Å². The standard InChI is InChI=1S/C12H11NO/c1-13-8-10-7-6-9-4-2-3-5-11(9)12(10)14/h2-8,14H,1H3. The molecule has 0 aliphatic heterocycles. The third-order valence-electron chi connectivity index (χ3n) is 2.20. The molecule has 0 saturated heterocycles. The highest BCUT2D eigenvalue weighted by atomic mass is 16.3. The second-order valence-corrected chi connectivity index (χ2v) is 3.11. The molecule has 0 heterocycles. The van der Waals surface area contributed by atoms with Gasteiger partial charge in [0.1, 0.15) is 5.75 Å². The number of fused-ring (bicyclic) bond motifs is 1. The molecule has 2 aromatic rings. The van der Waals surface area contributed by atoms with Crippen LogP contribution in [0.5, 0.6) is 5.75 Å². The zero-order chi connectivity index (χ0) is 9.97. The third kappa shape index (κ3) is 1.35. The van der Waals surface area contributed by atoms with Crippen molar-refractivity contribution in [2.24, 2.45) is 4.99 Å². The highest BCUT2D eigenvalue weighted by molar-refractivity contribution is 5.96. The molecule has 0 atom stereocenters. The van der Waals surface area contributed by atoms with E-state index >= 15 is 0 Å². The average molecular weight is 185 g/mol. The maximum atomic E-state index is 9.89. The lowest BCUT2D eigenvalue weighted by Gasteiger charge is -2.03. The number of hydrogen-bond donors (Lipinski definition) is 1. The summed E-state index contributed by atoms with van der Waals surface area (Å²) in [6.45, 7) is 0. The quantitative estimate of drug-likeness (QED) is 0.680. The van der Waals surface area contributed by atoms with Gasteiger partial charge in [0, 0.05) is 24.2 Å². The minimum atomic E-state index is 0.300. The van der Waals surface area contributed by atoms with Gasteiger partial charge in [-0.2, -0.15) is 0 Å². The number of phenolic OH excluding ortho intramolecular Hbond substituents is 1. The smallest absolute Gasteiger partial charge is 0.132 e. The Morgan fingerprint density at radius 3 is 2.71 bits per heavy atom. The molecule has 1 N–H and O–H groups in total. The molecule has 2 nitrogen and oxygen atoms in total. The molecule has 2 aromatic carbocycles. The van der Waals surface area contributed by atoms with Crippen LogP contribution in [0.3, 0.4) is 0 Å². The molecule has 2 rings (SSSR count). The van der Waals surface area contributed by atoms with Crippen LogP contribution in [0.25, 0.3) is 10.8 Å². The van der Waals surface area contributed by atoms with E-state index < -0.39 is 0 Å². The molecule has 0 fully saturated rings. The maximum Gasteiger partial charge on any atom is 0.132 e. The lowest BCUT2D eigenvalue weighted by Crippen LogP contribution is -1.83. The zero-order valence-corrected chi connectivity index (χ0v) is 7.94. The number of phenols is 1. The summed E-state index contributed by atoms with van der Waals surface area (Å²) in [4.78, 5) is 3.89. The van der Waals surface area contributed by atoms with Gasteiger partial charge in [-0.25, -0.2) is 0 Å². The SMILES string of the molecule is CN=Cc1ccc2ccccc2c1O. The summed E-state index contributed by atoms with van der Waals surface area (Å²) in [6.07, 6.45) is 1.65. The van der Waals surface area contributed by atoms with Crippen LogP contribution in [0.4, 0.5) is 0 Å². The fraction of sp³-hybridized carbons (Fsp3) is 0.0833. The van der Waals surface area contributed by atoms with Gasteiger partial charge in [-0.3, -0.25) is 4.99 Å². The van der Waals surface area contributed by atoms with E-state index in [2.05, 4.69) is 4.99 Å². The summed E-state index contributed by atoms with van der Waals surface area (Å²) in [5.41, 5.74) is 0.756. The molecule has 0 bridgehead atoms. The van der Waals surface area contributed by atoms with Gasteiger partial charge in [0.2, 0.25) is 0 Å². The van der Waals surface area contributed by atoms with Gasteiger partial charge < -0.3 is 5.11 Å². The van der Waals surface area contributed by atoms with Crippen molar-refractivity contribution in [3.8, 4) is 5.75 Å². The first-order chi connectivity index (χ1) is 6.83. The molecule has 0 amide bonds. The maximum absolute atomic E-state index is 9.89. The van der Waals surface area contributed by atoms with Crippen molar-refractivity contribution in [2.75, 3.05) is 7.05 Å². The minimum absolute atomic E-state index is 0.300. The highest BCUT2D eigenvalue weighted by Gasteiger charge is 2.02. The van der Waals surface area contributed by atoms with Crippen molar-refractivity contribution >= 4 is 17.0 Å². The van der Waals surface area contributed by atoms with Crippen molar-refractivity contribution in [1.29, 1.82) is 0 Å². The highest BCUT2D eigenvalue weighted by Crippen LogP contribution is 2.27. The fourth-order valence-corrected chi connectivity index (χ4v) is 1.52. The molecule has 0 aliphatic rings. The van der Waals surface area contributed by atoms with Crippen molar-refractivity contribution in [3.05, 3.63) is 42.0 Å². The topological polar surface area (TPSA) is 32.6 Å². The van der Waals surface area contributed by atoms with Crippen LogP contribution < -0.4 is 0 Å². The normalized spacial score (nSPS) is 11.2. The van der Waals surface area contributed by atoms with Gasteiger partial charge in [0.15, 0.2) is 0 Å². The van der Waals surface area contributed by atoms with Crippen LogP contribution in [-0.2, 0) is 0 Å². The van der Waals surface area contributed by atoms with E-state index in [0.717, 1.165) is 16.3 Å². The monoisotopic (exact) mass is 185 g/mol. The van der Waals surface area contributed by atoms with Crippen LogP contribution in [0.1, 0.15) is 5.56 Å². The molecule has 2 heteroatoms. The van der Waals surface area contributed by atoms with Crippen molar-refractivity contribution in [3.63, 3.8) is 0 Å². The molecule has 0 unspecified atom stereocenters. The number of rotatable bonds is 1. The predicted molar refractivity (Wildman–Crippen MR) is 59.1 cm³/mol. The number of aromatic hydroxyl groups is 1. The van der Waals surface area contributed by atoms with E-state index in [-0.39, 0.29) is 0 Å². The Labute approximate surface area is 82.5 Å². The van der Waals surface area contributed by atoms with Gasteiger partial charge >= 0.3 is 0 Å². The van der Waals surface area contributed by atoms with Crippen LogP contribution >= 0.6 is 0 Å². The minimum Gasteiger partial charge on any atom is -0.507 e. The summed E-state index contributed by atoms with van der Waals surface area (Å²) in [6, 6.07) is 11.6. The molecular formula is C12H11NO. The Balaban J connectivity index is 2.75. The van der Waals surface area contributed by atoms with Gasteiger partial charge in [-0.15, -0.1) is 0 Å². The predicted octanol–water partition coefficient (Wildman–Crippen LogP) is 2.59. The van der Waals surface area contributed by atoms with Gasteiger partial charge in [0.05, 0.1) is 0 Å². The second kappa shape index (κ2) is 3.50. The van der Waals surface area contributed by atoms with Crippen LogP contribution in [0.2, 0.25) is 0 Å². The van der Waals surface area contributed by atoms with Gasteiger partial charge in [-0.05, 0) is 11.5 Å². The summed E-state index contributed by atoms with van der Waals surface area (Å²) in [7, 11) is 1.69. The molecule has 0 spiro atoms. The number of hydrogen-bond acceptors (Lipinski definition) is 2. The molecule has 0 radical (unpaired) electrons. The Kier molecular flexibility index (Phi) is 2.19. The Hall–Kier alpha value is -1.83. The fourth-order valence-electron chi connectivity index (χ4n) is 1.52. The van der Waals surface area contributed by atoms with Crippen molar-refractivity contribution in [1.82, 2.24) is 0 Å². The van der Waals surface area contributed by atoms with E-state index in [0.29, 0.717) is 5.75 Å². The lowest BCUT2D eigenvalue weighted by atomic mass is 10.1. The van der Waals surface area contributed by atoms with E-state index in [4.69, 9.17) is 0 Å². The van der Waals surface area contributed by atoms with E-state index in [1.165, 1.54) is 0 Å². The second-order valence-electron chi connectivity index (χ2n) is 3.11. The Morgan fingerprint density at radius 2 is 1.93 bits per heavy atom. The Morgan fingerprint density at radius 1 is 1.14 bits per heavy atom. The van der Waals surface area contributed by atoms with Crippen molar-refractivity contribution < 1.29 is 5.11 Å². The lowest BCUT2D eigenvalue weighted by molar-refractivity contribution is 0.481. The number of benzene rings is 2. The molecule has 14 heavy (non-hydrogen) atoms. The molecule has 0 saturated carbocycles. The number of aliphatic imine (C=N–C) groups is 1. The van der Waals surface area contributed by atoms with Crippen LogP contribution in [0.15, 0.2) is 41.4 Å². The van der Waals surface area contributed by atoms with Crippen molar-refractivity contribution in [2.45, 2.75) is 0 Å². The van der Waals surface area contributed by atoms with Gasteiger partial charge in [0.25, 0.3) is 0 Å². The average Bonchev–Trinajstić information content (AvgIpc) is 2.23. The largest absolute Gasteiger partial charge is 0.507 e. The van der Waals surface area contributed by atoms with Gasteiger partial charge in [-0.1, -0.05) is 30.3 Å². The summed E-state index contributed by atoms with van der Waals surface area (Å²) in [5, 5.41) is 11.8. The summed E-state index contributed by atoms with van der Waals surface area (Å²) < 4.78 is 0. The molecule has 0 aliphatic carbocycles. The molecular weight excluding hydrogens is 174 g/mol. The first-order valence-corrected chi connectivity index (χ1v) is 4.46. The first kappa shape index (κ1) is 8.75.